The van der Waals surface area contributed by atoms with E-state index in [9.17, 15) is 4.79 Å². The van der Waals surface area contributed by atoms with Gasteiger partial charge in [0.25, 0.3) is 0 Å². The lowest BCUT2D eigenvalue weighted by molar-refractivity contribution is -0.131. The van der Waals surface area contributed by atoms with Gasteiger partial charge in [0.15, 0.2) is 0 Å². The van der Waals surface area contributed by atoms with Gasteiger partial charge in [-0.2, -0.15) is 0 Å². The molecule has 24 heavy (non-hydrogen) atoms. The molecule has 1 atom stereocenters. The molecule has 1 aromatic carbocycles. The van der Waals surface area contributed by atoms with Crippen molar-refractivity contribution in [2.45, 2.75) is 60.2 Å². The van der Waals surface area contributed by atoms with Crippen LogP contribution in [0.25, 0.3) is 0 Å². The number of thiazole rings is 1. The quantitative estimate of drug-likeness (QED) is 0.742. The predicted molar refractivity (Wildman–Crippen MR) is 98.3 cm³/mol. The van der Waals surface area contributed by atoms with Crippen LogP contribution in [0.1, 0.15) is 49.0 Å². The lowest BCUT2D eigenvalue weighted by Gasteiger charge is -2.26. The maximum absolute atomic E-state index is 11.8. The predicted octanol–water partition coefficient (Wildman–Crippen LogP) is 4.49. The summed E-state index contributed by atoms with van der Waals surface area (Å²) >= 11 is 1.58. The lowest BCUT2D eigenvalue weighted by Crippen LogP contribution is -2.36. The first-order valence-corrected chi connectivity index (χ1v) is 9.19. The Kier molecular flexibility index (Phi) is 6.37. The summed E-state index contributed by atoms with van der Waals surface area (Å²) in [5, 5.41) is 2.94. The van der Waals surface area contributed by atoms with Crippen molar-refractivity contribution in [1.82, 2.24) is 9.88 Å². The van der Waals surface area contributed by atoms with E-state index in [1.807, 2.05) is 22.4 Å². The Balaban J connectivity index is 2.00. The summed E-state index contributed by atoms with van der Waals surface area (Å²) in [6.45, 7) is 10.9. The van der Waals surface area contributed by atoms with Crippen molar-refractivity contribution in [3.8, 4) is 5.75 Å². The molecule has 0 N–H and O–H groups in total. The molecule has 0 radical (unpaired) electrons. The summed E-state index contributed by atoms with van der Waals surface area (Å²) in [4.78, 5) is 18.3. The van der Waals surface area contributed by atoms with Gasteiger partial charge in [0.2, 0.25) is 5.91 Å². The second-order valence-corrected chi connectivity index (χ2v) is 7.07. The first kappa shape index (κ1) is 18.5. The van der Waals surface area contributed by atoms with Gasteiger partial charge in [0.05, 0.1) is 12.2 Å². The number of nitrogens with zero attached hydrogens (tertiary/aromatic N) is 2. The highest BCUT2D eigenvalue weighted by Crippen LogP contribution is 2.22. The molecule has 0 spiro atoms. The van der Waals surface area contributed by atoms with Gasteiger partial charge in [-0.25, -0.2) is 4.98 Å². The molecule has 0 aliphatic rings. The molecule has 4 nitrogen and oxygen atoms in total. The maximum atomic E-state index is 11.8. The van der Waals surface area contributed by atoms with E-state index in [1.54, 1.807) is 18.3 Å². The molecular weight excluding hydrogens is 320 g/mol. The van der Waals surface area contributed by atoms with Gasteiger partial charge in [-0.3, -0.25) is 4.79 Å². The average Bonchev–Trinajstić information content (AvgIpc) is 3.00. The van der Waals surface area contributed by atoms with Gasteiger partial charge in [0.1, 0.15) is 17.4 Å². The smallest absolute Gasteiger partial charge is 0.220 e. The fourth-order valence-electron chi connectivity index (χ4n) is 2.48. The van der Waals surface area contributed by atoms with Gasteiger partial charge >= 0.3 is 0 Å². The monoisotopic (exact) mass is 346 g/mol. The van der Waals surface area contributed by atoms with E-state index in [0.717, 1.165) is 28.4 Å². The van der Waals surface area contributed by atoms with E-state index in [1.165, 1.54) is 5.56 Å². The molecule has 0 fully saturated rings. The Morgan fingerprint density at radius 1 is 1.38 bits per heavy atom. The van der Waals surface area contributed by atoms with E-state index in [0.29, 0.717) is 13.2 Å². The van der Waals surface area contributed by atoms with Crippen molar-refractivity contribution in [3.05, 3.63) is 45.4 Å². The van der Waals surface area contributed by atoms with Crippen LogP contribution in [0, 0.1) is 13.8 Å². The number of rotatable bonds is 7. The Labute approximate surface area is 148 Å². The van der Waals surface area contributed by atoms with Gasteiger partial charge in [0, 0.05) is 18.3 Å². The Hall–Kier alpha value is -1.88. The van der Waals surface area contributed by atoms with Crippen molar-refractivity contribution >= 4 is 17.2 Å². The largest absolute Gasteiger partial charge is 0.486 e. The lowest BCUT2D eigenvalue weighted by atomic mass is 10.1. The zero-order valence-corrected chi connectivity index (χ0v) is 15.9. The van der Waals surface area contributed by atoms with Crippen LogP contribution in [0.4, 0.5) is 0 Å². The highest BCUT2D eigenvalue weighted by atomic mass is 32.1. The third-order valence-corrected chi connectivity index (χ3v) is 5.24. The summed E-state index contributed by atoms with van der Waals surface area (Å²) in [7, 11) is 0. The minimum Gasteiger partial charge on any atom is -0.486 e. The van der Waals surface area contributed by atoms with Crippen molar-refractivity contribution in [1.29, 1.82) is 0 Å². The van der Waals surface area contributed by atoms with E-state index < -0.39 is 0 Å². The number of amides is 1. The fraction of sp³-hybridized carbons (Fsp3) is 0.474. The first-order chi connectivity index (χ1) is 11.4. The number of aromatic nitrogens is 1. The second-order valence-electron chi connectivity index (χ2n) is 6.12. The van der Waals surface area contributed by atoms with Crippen LogP contribution < -0.4 is 4.74 Å². The average molecular weight is 346 g/mol. The normalized spacial score (nSPS) is 12.0. The van der Waals surface area contributed by atoms with E-state index in [4.69, 9.17) is 4.74 Å². The van der Waals surface area contributed by atoms with Gasteiger partial charge < -0.3 is 9.64 Å². The van der Waals surface area contributed by atoms with Gasteiger partial charge in [-0.05, 0) is 44.4 Å². The Morgan fingerprint density at radius 2 is 2.12 bits per heavy atom. The van der Waals surface area contributed by atoms with Crippen LogP contribution in [-0.2, 0) is 17.9 Å². The molecule has 2 aromatic rings. The number of hydrogen-bond acceptors (Lipinski definition) is 4. The van der Waals surface area contributed by atoms with Crippen LogP contribution in [0.2, 0.25) is 0 Å². The van der Waals surface area contributed by atoms with Crippen molar-refractivity contribution in [2.24, 2.45) is 0 Å². The minimum absolute atomic E-state index is 0.0885. The third-order valence-electron chi connectivity index (χ3n) is 4.37. The summed E-state index contributed by atoms with van der Waals surface area (Å²) in [6, 6.07) is 6.28. The van der Waals surface area contributed by atoms with Crippen LogP contribution in [0.3, 0.4) is 0 Å². The van der Waals surface area contributed by atoms with Crippen molar-refractivity contribution < 1.29 is 9.53 Å². The first-order valence-electron chi connectivity index (χ1n) is 8.31. The van der Waals surface area contributed by atoms with Crippen LogP contribution >= 0.6 is 11.3 Å². The molecule has 1 unspecified atom stereocenters. The highest BCUT2D eigenvalue weighted by molar-refractivity contribution is 7.09. The molecule has 0 bridgehead atoms. The number of carbonyl (C=O) groups is 1. The number of carbonyl (C=O) groups excluding carboxylic acids is 1. The fourth-order valence-corrected chi connectivity index (χ4v) is 3.18. The third kappa shape index (κ3) is 4.57. The molecule has 1 aromatic heterocycles. The molecular formula is C19H26N2O2S. The summed E-state index contributed by atoms with van der Waals surface area (Å²) in [6.07, 6.45) is 0.937. The zero-order chi connectivity index (χ0) is 17.7. The molecule has 5 heteroatoms. The molecule has 0 aliphatic heterocycles. The van der Waals surface area contributed by atoms with Crippen LogP contribution in [0.5, 0.6) is 5.75 Å². The summed E-state index contributed by atoms with van der Waals surface area (Å²) in [5.41, 5.74) is 3.31. The van der Waals surface area contributed by atoms with Gasteiger partial charge in [-0.15, -0.1) is 11.3 Å². The van der Waals surface area contributed by atoms with E-state index >= 15 is 0 Å². The summed E-state index contributed by atoms with van der Waals surface area (Å²) < 4.78 is 5.91. The topological polar surface area (TPSA) is 42.4 Å². The molecule has 130 valence electrons. The van der Waals surface area contributed by atoms with Crippen LogP contribution in [0.15, 0.2) is 23.6 Å². The number of aryl methyl sites for hydroxylation is 1. The van der Waals surface area contributed by atoms with Gasteiger partial charge in [-0.1, -0.05) is 19.1 Å². The molecule has 0 aliphatic carbocycles. The standard InChI is InChI=1S/C19H26N2O2S/c1-6-14(3)21(16(5)22)10-17-12-24-19(20-17)11-23-18-9-7-8-13(2)15(18)4/h7-9,12,14H,6,10-11H2,1-5H3. The molecule has 2 rings (SSSR count). The van der Waals surface area contributed by atoms with Crippen LogP contribution in [-0.4, -0.2) is 21.8 Å². The van der Waals surface area contributed by atoms with Crippen molar-refractivity contribution in [3.63, 3.8) is 0 Å². The summed E-state index contributed by atoms with van der Waals surface area (Å²) in [5.74, 6) is 0.988. The highest BCUT2D eigenvalue weighted by Gasteiger charge is 2.17. The Morgan fingerprint density at radius 3 is 2.79 bits per heavy atom. The molecule has 0 saturated carbocycles. The molecule has 0 saturated heterocycles. The zero-order valence-electron chi connectivity index (χ0n) is 15.1. The van der Waals surface area contributed by atoms with E-state index in [2.05, 4.69) is 38.7 Å². The molecule has 1 amide bonds. The van der Waals surface area contributed by atoms with E-state index in [-0.39, 0.29) is 11.9 Å². The molecule has 1 heterocycles. The Bertz CT molecular complexity index is 696. The second kappa shape index (κ2) is 8.29. The number of ether oxygens (including phenoxy) is 1. The maximum Gasteiger partial charge on any atom is 0.220 e. The SMILES string of the molecule is CCC(C)N(Cc1csc(COc2cccc(C)c2C)n1)C(C)=O. The number of benzene rings is 1. The van der Waals surface area contributed by atoms with Crippen molar-refractivity contribution in [2.75, 3.05) is 0 Å². The minimum atomic E-state index is 0.0885. The number of hydrogen-bond donors (Lipinski definition) is 0.